The Labute approximate surface area is 123 Å². The van der Waals surface area contributed by atoms with Crippen LogP contribution in [0.15, 0.2) is 30.3 Å². The minimum Gasteiger partial charge on any atom is -0.385 e. The van der Waals surface area contributed by atoms with E-state index >= 15 is 0 Å². The predicted molar refractivity (Wildman–Crippen MR) is 72.2 cm³/mol. The summed E-state index contributed by atoms with van der Waals surface area (Å²) in [5.74, 6) is 0. The summed E-state index contributed by atoms with van der Waals surface area (Å²) in [7, 11) is 0. The molecule has 1 aromatic carbocycles. The van der Waals surface area contributed by atoms with Gasteiger partial charge in [-0.3, -0.25) is 0 Å². The molecule has 0 aliphatic carbocycles. The van der Waals surface area contributed by atoms with E-state index in [1.54, 1.807) is 6.92 Å². The number of rotatable bonds is 3. The van der Waals surface area contributed by atoms with Gasteiger partial charge in [0.25, 0.3) is 0 Å². The predicted octanol–water partition coefficient (Wildman–Crippen LogP) is 0.411. The van der Waals surface area contributed by atoms with Crippen LogP contribution in [0, 0.1) is 0 Å². The second-order valence-electron chi connectivity index (χ2n) is 5.32. The smallest absolute Gasteiger partial charge is 0.184 e. The summed E-state index contributed by atoms with van der Waals surface area (Å²) in [6, 6.07) is 9.64. The fourth-order valence-corrected chi connectivity index (χ4v) is 2.66. The van der Waals surface area contributed by atoms with Crippen LogP contribution in [0.4, 0.5) is 0 Å². The van der Waals surface area contributed by atoms with Gasteiger partial charge in [-0.05, 0) is 12.5 Å². The summed E-state index contributed by atoms with van der Waals surface area (Å²) < 4.78 is 22.1. The number of fused-ring (bicyclic) bond motifs is 1. The van der Waals surface area contributed by atoms with Crippen molar-refractivity contribution in [2.24, 2.45) is 0 Å². The number of hydrogen-bond donors (Lipinski definition) is 2. The first kappa shape index (κ1) is 14.9. The van der Waals surface area contributed by atoms with Gasteiger partial charge < -0.3 is 29.2 Å². The molecule has 2 heterocycles. The van der Waals surface area contributed by atoms with Crippen LogP contribution in [0.3, 0.4) is 0 Å². The zero-order chi connectivity index (χ0) is 14.8. The maximum absolute atomic E-state index is 10.1. The standard InChI is InChI=1S/C15H20O6/c1-9-18-8-11-13(20-9)14(12(16)15(17)21-11)19-7-10-5-3-2-4-6-10/h2-6,9,11-17H,7-8H2,1H3/t9?,11-,12-,13-,14+,15-/m1/s1. The van der Waals surface area contributed by atoms with E-state index < -0.39 is 30.7 Å². The summed E-state index contributed by atoms with van der Waals surface area (Å²) in [6.45, 7) is 2.42. The van der Waals surface area contributed by atoms with Gasteiger partial charge in [0.2, 0.25) is 0 Å². The molecular formula is C15H20O6. The van der Waals surface area contributed by atoms with Crippen LogP contribution in [0.25, 0.3) is 0 Å². The molecule has 0 bridgehead atoms. The van der Waals surface area contributed by atoms with Gasteiger partial charge in [0, 0.05) is 0 Å². The number of aliphatic hydroxyl groups is 2. The number of aliphatic hydroxyl groups excluding tert-OH is 2. The molecule has 3 rings (SSSR count). The molecule has 116 valence electrons. The maximum atomic E-state index is 10.1. The molecule has 2 saturated heterocycles. The molecule has 6 heteroatoms. The highest BCUT2D eigenvalue weighted by atomic mass is 16.7. The summed E-state index contributed by atoms with van der Waals surface area (Å²) in [5, 5.41) is 19.9. The monoisotopic (exact) mass is 296 g/mol. The Balaban J connectivity index is 1.70. The summed E-state index contributed by atoms with van der Waals surface area (Å²) in [5.41, 5.74) is 0.988. The van der Waals surface area contributed by atoms with Crippen LogP contribution in [-0.2, 0) is 25.6 Å². The number of benzene rings is 1. The first-order chi connectivity index (χ1) is 10.1. The average molecular weight is 296 g/mol. The van der Waals surface area contributed by atoms with E-state index in [0.29, 0.717) is 13.2 Å². The molecular weight excluding hydrogens is 276 g/mol. The van der Waals surface area contributed by atoms with Crippen molar-refractivity contribution in [1.82, 2.24) is 0 Å². The summed E-state index contributed by atoms with van der Waals surface area (Å²) >= 11 is 0. The molecule has 1 unspecified atom stereocenters. The van der Waals surface area contributed by atoms with Crippen molar-refractivity contribution >= 4 is 0 Å². The van der Waals surface area contributed by atoms with Crippen molar-refractivity contribution in [3.8, 4) is 0 Å². The molecule has 0 radical (unpaired) electrons. The highest BCUT2D eigenvalue weighted by Gasteiger charge is 2.48. The van der Waals surface area contributed by atoms with Crippen LogP contribution in [-0.4, -0.2) is 53.8 Å². The molecule has 0 aromatic heterocycles. The van der Waals surface area contributed by atoms with Gasteiger partial charge in [0.15, 0.2) is 12.6 Å². The van der Waals surface area contributed by atoms with Crippen LogP contribution in [0.1, 0.15) is 12.5 Å². The second kappa shape index (κ2) is 6.39. The lowest BCUT2D eigenvalue weighted by molar-refractivity contribution is -0.355. The molecule has 0 spiro atoms. The number of hydrogen-bond acceptors (Lipinski definition) is 6. The van der Waals surface area contributed by atoms with Crippen LogP contribution in [0.5, 0.6) is 0 Å². The molecule has 0 saturated carbocycles. The summed E-state index contributed by atoms with van der Waals surface area (Å²) in [6.07, 6.45) is -4.41. The quantitative estimate of drug-likeness (QED) is 0.841. The fourth-order valence-electron chi connectivity index (χ4n) is 2.66. The molecule has 2 N–H and O–H groups in total. The fraction of sp³-hybridized carbons (Fsp3) is 0.600. The van der Waals surface area contributed by atoms with E-state index in [2.05, 4.69) is 0 Å². The highest BCUT2D eigenvalue weighted by molar-refractivity contribution is 5.13. The SMILES string of the molecule is CC1OC[C@H]2O[C@@H](O)[C@H](O)[C@H](OCc3ccccc3)[C@@H]2O1. The van der Waals surface area contributed by atoms with E-state index in [4.69, 9.17) is 18.9 Å². The van der Waals surface area contributed by atoms with Gasteiger partial charge in [0.1, 0.15) is 24.4 Å². The van der Waals surface area contributed by atoms with Crippen molar-refractivity contribution in [3.05, 3.63) is 35.9 Å². The van der Waals surface area contributed by atoms with Gasteiger partial charge in [-0.2, -0.15) is 0 Å². The maximum Gasteiger partial charge on any atom is 0.184 e. The third kappa shape index (κ3) is 3.26. The molecule has 2 fully saturated rings. The van der Waals surface area contributed by atoms with Crippen LogP contribution < -0.4 is 0 Å². The molecule has 0 amide bonds. The topological polar surface area (TPSA) is 77.4 Å². The molecule has 1 aromatic rings. The van der Waals surface area contributed by atoms with E-state index in [-0.39, 0.29) is 6.29 Å². The number of ether oxygens (including phenoxy) is 4. The van der Waals surface area contributed by atoms with E-state index in [0.717, 1.165) is 5.56 Å². The first-order valence-electron chi connectivity index (χ1n) is 7.09. The van der Waals surface area contributed by atoms with Gasteiger partial charge in [0.05, 0.1) is 13.2 Å². The van der Waals surface area contributed by atoms with Gasteiger partial charge in [-0.25, -0.2) is 0 Å². The Hall–Kier alpha value is -1.02. The largest absolute Gasteiger partial charge is 0.385 e. The molecule has 2 aliphatic heterocycles. The van der Waals surface area contributed by atoms with Crippen molar-refractivity contribution < 1.29 is 29.2 Å². The minimum absolute atomic E-state index is 0.306. The third-order valence-corrected chi connectivity index (χ3v) is 3.76. The van der Waals surface area contributed by atoms with Crippen molar-refractivity contribution in [3.63, 3.8) is 0 Å². The Bertz CT molecular complexity index is 453. The van der Waals surface area contributed by atoms with E-state index in [1.807, 2.05) is 30.3 Å². The zero-order valence-corrected chi connectivity index (χ0v) is 11.8. The molecule has 2 aliphatic rings. The third-order valence-electron chi connectivity index (χ3n) is 3.76. The van der Waals surface area contributed by atoms with Crippen molar-refractivity contribution in [1.29, 1.82) is 0 Å². The van der Waals surface area contributed by atoms with E-state index in [9.17, 15) is 10.2 Å². The Kier molecular flexibility index (Phi) is 4.54. The van der Waals surface area contributed by atoms with Crippen molar-refractivity contribution in [2.75, 3.05) is 6.61 Å². The molecule has 6 nitrogen and oxygen atoms in total. The lowest BCUT2D eigenvalue weighted by atomic mass is 9.98. The van der Waals surface area contributed by atoms with Crippen molar-refractivity contribution in [2.45, 2.75) is 50.5 Å². The van der Waals surface area contributed by atoms with Gasteiger partial charge in [-0.15, -0.1) is 0 Å². The Morgan fingerprint density at radius 1 is 1.19 bits per heavy atom. The second-order valence-corrected chi connectivity index (χ2v) is 5.32. The Morgan fingerprint density at radius 2 is 1.95 bits per heavy atom. The highest BCUT2D eigenvalue weighted by Crippen LogP contribution is 2.29. The van der Waals surface area contributed by atoms with Crippen LogP contribution >= 0.6 is 0 Å². The first-order valence-corrected chi connectivity index (χ1v) is 7.09. The normalized spacial score (nSPS) is 39.8. The van der Waals surface area contributed by atoms with Crippen LogP contribution in [0.2, 0.25) is 0 Å². The van der Waals surface area contributed by atoms with E-state index in [1.165, 1.54) is 0 Å². The lowest BCUT2D eigenvalue weighted by Crippen LogP contribution is -2.63. The lowest BCUT2D eigenvalue weighted by Gasteiger charge is -2.46. The van der Waals surface area contributed by atoms with Gasteiger partial charge >= 0.3 is 0 Å². The minimum atomic E-state index is -1.30. The zero-order valence-electron chi connectivity index (χ0n) is 11.8. The average Bonchev–Trinajstić information content (AvgIpc) is 2.49. The molecule has 21 heavy (non-hydrogen) atoms. The summed E-state index contributed by atoms with van der Waals surface area (Å²) in [4.78, 5) is 0. The Morgan fingerprint density at radius 3 is 2.71 bits per heavy atom. The molecule has 6 atom stereocenters. The van der Waals surface area contributed by atoms with Gasteiger partial charge in [-0.1, -0.05) is 30.3 Å².